The van der Waals surface area contributed by atoms with Gasteiger partial charge in [0.05, 0.1) is 10.5 Å². The van der Waals surface area contributed by atoms with Crippen LogP contribution in [-0.4, -0.2) is 21.2 Å². The molecule has 0 aliphatic rings. The standard InChI is InChI=1S/C9H9N3O4S/c10-9(11)17-4-6-2-1-5(8(13)14)3-7(6)12(15)16/h1-3H,4H2,(H3,10,11)(H,13,14). The van der Waals surface area contributed by atoms with Crippen LogP contribution in [-0.2, 0) is 5.75 Å². The van der Waals surface area contributed by atoms with Crippen LogP contribution in [0.4, 0.5) is 5.69 Å². The predicted molar refractivity (Wildman–Crippen MR) is 63.3 cm³/mol. The Morgan fingerprint density at radius 3 is 2.71 bits per heavy atom. The number of aromatic carboxylic acids is 1. The van der Waals surface area contributed by atoms with E-state index in [-0.39, 0.29) is 22.2 Å². The van der Waals surface area contributed by atoms with Crippen molar-refractivity contribution in [2.75, 3.05) is 0 Å². The molecule has 17 heavy (non-hydrogen) atoms. The number of nitrogens with zero attached hydrogens (tertiary/aromatic N) is 1. The van der Waals surface area contributed by atoms with Crippen molar-refractivity contribution in [3.05, 3.63) is 39.4 Å². The lowest BCUT2D eigenvalue weighted by Crippen LogP contribution is -2.05. The first kappa shape index (κ1) is 13.0. The molecule has 0 aliphatic heterocycles. The highest BCUT2D eigenvalue weighted by Gasteiger charge is 2.17. The van der Waals surface area contributed by atoms with E-state index in [0.717, 1.165) is 17.8 Å². The zero-order valence-electron chi connectivity index (χ0n) is 8.54. The number of benzene rings is 1. The quantitative estimate of drug-likeness (QED) is 0.323. The number of carboxylic acid groups (broad SMARTS) is 1. The van der Waals surface area contributed by atoms with Crippen LogP contribution in [0.15, 0.2) is 18.2 Å². The van der Waals surface area contributed by atoms with Gasteiger partial charge in [0.1, 0.15) is 0 Å². The van der Waals surface area contributed by atoms with Crippen LogP contribution in [0, 0.1) is 15.5 Å². The number of nitrogens with one attached hydrogen (secondary N) is 1. The maximum atomic E-state index is 10.8. The van der Waals surface area contributed by atoms with E-state index in [2.05, 4.69) is 0 Å². The molecule has 1 aromatic carbocycles. The van der Waals surface area contributed by atoms with E-state index in [1.165, 1.54) is 12.1 Å². The summed E-state index contributed by atoms with van der Waals surface area (Å²) in [6, 6.07) is 3.64. The molecular weight excluding hydrogens is 246 g/mol. The zero-order chi connectivity index (χ0) is 13.0. The van der Waals surface area contributed by atoms with Gasteiger partial charge in [-0.25, -0.2) is 4.79 Å². The summed E-state index contributed by atoms with van der Waals surface area (Å²) in [6.45, 7) is 0. The Labute approximate surface area is 100 Å². The number of nitro benzene ring substituents is 1. The van der Waals surface area contributed by atoms with Gasteiger partial charge in [-0.3, -0.25) is 15.5 Å². The predicted octanol–water partition coefficient (Wildman–Crippen LogP) is 1.42. The second kappa shape index (κ2) is 5.30. The molecule has 0 unspecified atom stereocenters. The molecule has 0 aromatic heterocycles. The van der Waals surface area contributed by atoms with Gasteiger partial charge in [-0.15, -0.1) is 0 Å². The minimum atomic E-state index is -1.22. The zero-order valence-corrected chi connectivity index (χ0v) is 9.36. The van der Waals surface area contributed by atoms with Gasteiger partial charge in [-0.05, 0) is 6.07 Å². The third kappa shape index (κ3) is 3.45. The van der Waals surface area contributed by atoms with Crippen molar-refractivity contribution in [1.82, 2.24) is 0 Å². The minimum Gasteiger partial charge on any atom is -0.478 e. The molecule has 0 saturated carbocycles. The Hall–Kier alpha value is -2.09. The topological polar surface area (TPSA) is 130 Å². The number of hydrogen-bond donors (Lipinski definition) is 3. The molecule has 0 fully saturated rings. The van der Waals surface area contributed by atoms with Crippen LogP contribution in [0.3, 0.4) is 0 Å². The third-order valence-corrected chi connectivity index (χ3v) is 2.68. The normalized spacial score (nSPS) is 9.88. The molecule has 0 bridgehead atoms. The SMILES string of the molecule is N=C(N)SCc1ccc(C(=O)O)cc1[N+](=O)[O-]. The number of hydrogen-bond acceptors (Lipinski definition) is 5. The van der Waals surface area contributed by atoms with Crippen LogP contribution in [0.5, 0.6) is 0 Å². The molecule has 4 N–H and O–H groups in total. The first-order valence-electron chi connectivity index (χ1n) is 4.39. The molecule has 0 spiro atoms. The average molecular weight is 255 g/mol. The summed E-state index contributed by atoms with van der Waals surface area (Å²) in [6.07, 6.45) is 0. The molecule has 0 amide bonds. The van der Waals surface area contributed by atoms with Gasteiger partial charge in [0.15, 0.2) is 5.17 Å². The summed E-state index contributed by atoms with van der Waals surface area (Å²) >= 11 is 0.939. The largest absolute Gasteiger partial charge is 0.478 e. The number of carbonyl (C=O) groups is 1. The molecule has 0 aliphatic carbocycles. The molecule has 0 atom stereocenters. The smallest absolute Gasteiger partial charge is 0.335 e. The first-order valence-corrected chi connectivity index (χ1v) is 5.38. The van der Waals surface area contributed by atoms with Gasteiger partial charge in [0.25, 0.3) is 5.69 Å². The fourth-order valence-corrected chi connectivity index (χ4v) is 1.70. The number of amidine groups is 1. The second-order valence-electron chi connectivity index (χ2n) is 3.06. The summed E-state index contributed by atoms with van der Waals surface area (Å²) in [4.78, 5) is 20.8. The molecule has 90 valence electrons. The highest BCUT2D eigenvalue weighted by atomic mass is 32.2. The molecule has 7 nitrogen and oxygen atoms in total. The number of rotatable bonds is 4. The summed E-state index contributed by atoms with van der Waals surface area (Å²) in [5.74, 6) is -1.06. The van der Waals surface area contributed by atoms with E-state index in [4.69, 9.17) is 16.2 Å². The lowest BCUT2D eigenvalue weighted by molar-refractivity contribution is -0.385. The summed E-state index contributed by atoms with van der Waals surface area (Å²) in [5, 5.41) is 26.3. The number of thioether (sulfide) groups is 1. The van der Waals surface area contributed by atoms with Crippen LogP contribution < -0.4 is 5.73 Å². The molecule has 1 rings (SSSR count). The minimum absolute atomic E-state index is 0.145. The van der Waals surface area contributed by atoms with Gasteiger partial charge in [0, 0.05) is 17.4 Å². The summed E-state index contributed by atoms with van der Waals surface area (Å²) < 4.78 is 0. The number of carboxylic acids is 1. The van der Waals surface area contributed by atoms with E-state index < -0.39 is 10.9 Å². The van der Waals surface area contributed by atoms with Crippen LogP contribution in [0.2, 0.25) is 0 Å². The third-order valence-electron chi connectivity index (χ3n) is 1.91. The lowest BCUT2D eigenvalue weighted by Gasteiger charge is -2.03. The van der Waals surface area contributed by atoms with E-state index in [0.29, 0.717) is 5.56 Å². The molecule has 8 heteroatoms. The van der Waals surface area contributed by atoms with Crippen LogP contribution in [0.25, 0.3) is 0 Å². The van der Waals surface area contributed by atoms with Gasteiger partial charge in [-0.2, -0.15) is 0 Å². The van der Waals surface area contributed by atoms with E-state index in [1.807, 2.05) is 0 Å². The van der Waals surface area contributed by atoms with E-state index in [9.17, 15) is 14.9 Å². The second-order valence-corrected chi connectivity index (χ2v) is 4.08. The van der Waals surface area contributed by atoms with Crippen molar-refractivity contribution in [1.29, 1.82) is 5.41 Å². The molecule has 0 radical (unpaired) electrons. The van der Waals surface area contributed by atoms with Gasteiger partial charge in [-0.1, -0.05) is 17.8 Å². The van der Waals surface area contributed by atoms with Gasteiger partial charge in [0.2, 0.25) is 0 Å². The van der Waals surface area contributed by atoms with Crippen molar-refractivity contribution in [2.24, 2.45) is 5.73 Å². The monoisotopic (exact) mass is 255 g/mol. The van der Waals surface area contributed by atoms with Crippen molar-refractivity contribution in [3.8, 4) is 0 Å². The maximum absolute atomic E-state index is 10.8. The fourth-order valence-electron chi connectivity index (χ4n) is 1.14. The highest BCUT2D eigenvalue weighted by molar-refractivity contribution is 8.13. The Morgan fingerprint density at radius 2 is 2.24 bits per heavy atom. The molecule has 1 aromatic rings. The van der Waals surface area contributed by atoms with Gasteiger partial charge < -0.3 is 10.8 Å². The van der Waals surface area contributed by atoms with E-state index in [1.54, 1.807) is 0 Å². The number of nitrogens with two attached hydrogens (primary N) is 1. The number of nitro groups is 1. The summed E-state index contributed by atoms with van der Waals surface area (Å²) in [5.41, 5.74) is 5.04. The highest BCUT2D eigenvalue weighted by Crippen LogP contribution is 2.24. The van der Waals surface area contributed by atoms with Crippen molar-refractivity contribution in [2.45, 2.75) is 5.75 Å². The van der Waals surface area contributed by atoms with Crippen LogP contribution >= 0.6 is 11.8 Å². The van der Waals surface area contributed by atoms with Crippen molar-refractivity contribution < 1.29 is 14.8 Å². The Bertz CT molecular complexity index is 489. The van der Waals surface area contributed by atoms with Crippen molar-refractivity contribution >= 4 is 28.6 Å². The van der Waals surface area contributed by atoms with Crippen molar-refractivity contribution in [3.63, 3.8) is 0 Å². The van der Waals surface area contributed by atoms with E-state index >= 15 is 0 Å². The Balaban J connectivity index is 3.08. The Morgan fingerprint density at radius 1 is 1.59 bits per heavy atom. The van der Waals surface area contributed by atoms with Crippen LogP contribution in [0.1, 0.15) is 15.9 Å². The van der Waals surface area contributed by atoms with Gasteiger partial charge >= 0.3 is 5.97 Å². The molecular formula is C9H9N3O4S. The molecule has 0 saturated heterocycles. The maximum Gasteiger partial charge on any atom is 0.335 e. The lowest BCUT2D eigenvalue weighted by atomic mass is 10.1. The fraction of sp³-hybridized carbons (Fsp3) is 0.111. The average Bonchev–Trinajstić information content (AvgIpc) is 2.25. The Kier molecular flexibility index (Phi) is 4.05. The summed E-state index contributed by atoms with van der Waals surface area (Å²) in [7, 11) is 0. The first-order chi connectivity index (χ1) is 7.91. The molecule has 0 heterocycles.